The van der Waals surface area contributed by atoms with E-state index in [1.807, 2.05) is 43.9 Å². The SMILES string of the molecule is C=C(C)N(C(=C)C)c1nc(C)c(OCc2ccccc2)c(CC(C)(C)CCC)n1. The first-order valence-electron chi connectivity index (χ1n) is 10.3. The van der Waals surface area contributed by atoms with Crippen molar-refractivity contribution in [3.05, 3.63) is 71.8 Å². The average Bonchev–Trinajstić information content (AvgIpc) is 2.60. The van der Waals surface area contributed by atoms with E-state index in [-0.39, 0.29) is 5.41 Å². The number of allylic oxidation sites excluding steroid dienone is 2. The van der Waals surface area contributed by atoms with Crippen LogP contribution in [0.1, 0.15) is 64.4 Å². The minimum atomic E-state index is 0.120. The molecule has 0 atom stereocenters. The lowest BCUT2D eigenvalue weighted by Crippen LogP contribution is -2.23. The summed E-state index contributed by atoms with van der Waals surface area (Å²) in [5, 5.41) is 0. The molecule has 0 bridgehead atoms. The Balaban J connectivity index is 2.47. The predicted molar refractivity (Wildman–Crippen MR) is 122 cm³/mol. The normalized spacial score (nSPS) is 11.2. The Morgan fingerprint density at radius 2 is 1.69 bits per heavy atom. The summed E-state index contributed by atoms with van der Waals surface area (Å²) < 4.78 is 6.25. The molecule has 1 aromatic heterocycles. The van der Waals surface area contributed by atoms with Crippen molar-refractivity contribution in [3.8, 4) is 5.75 Å². The Kier molecular flexibility index (Phi) is 7.60. The molecule has 1 aromatic carbocycles. The first-order chi connectivity index (χ1) is 13.6. The van der Waals surface area contributed by atoms with Crippen LogP contribution in [0, 0.1) is 12.3 Å². The zero-order valence-corrected chi connectivity index (χ0v) is 18.9. The lowest BCUT2D eigenvalue weighted by atomic mass is 9.83. The van der Waals surface area contributed by atoms with Gasteiger partial charge in [0, 0.05) is 11.4 Å². The molecule has 0 aliphatic rings. The van der Waals surface area contributed by atoms with E-state index in [0.29, 0.717) is 12.6 Å². The molecule has 29 heavy (non-hydrogen) atoms. The molecule has 0 radical (unpaired) electrons. The summed E-state index contributed by atoms with van der Waals surface area (Å²) in [4.78, 5) is 11.6. The molecular formula is C25H35N3O. The molecule has 2 rings (SSSR count). The van der Waals surface area contributed by atoms with Crippen LogP contribution in [0.25, 0.3) is 0 Å². The highest BCUT2D eigenvalue weighted by molar-refractivity contribution is 5.49. The van der Waals surface area contributed by atoms with Crippen molar-refractivity contribution >= 4 is 5.95 Å². The Morgan fingerprint density at radius 3 is 2.24 bits per heavy atom. The zero-order valence-electron chi connectivity index (χ0n) is 18.9. The fourth-order valence-electron chi connectivity index (χ4n) is 3.63. The van der Waals surface area contributed by atoms with E-state index in [9.17, 15) is 0 Å². The molecule has 0 saturated carbocycles. The molecule has 156 valence electrons. The van der Waals surface area contributed by atoms with E-state index in [1.165, 1.54) is 0 Å². The topological polar surface area (TPSA) is 38.2 Å². The zero-order chi connectivity index (χ0) is 21.6. The molecule has 1 heterocycles. The fourth-order valence-corrected chi connectivity index (χ4v) is 3.63. The van der Waals surface area contributed by atoms with Crippen LogP contribution in [-0.4, -0.2) is 9.97 Å². The molecule has 0 fully saturated rings. The minimum Gasteiger partial charge on any atom is -0.485 e. The van der Waals surface area contributed by atoms with Crippen molar-refractivity contribution in [3.63, 3.8) is 0 Å². The number of ether oxygens (including phenoxy) is 1. The highest BCUT2D eigenvalue weighted by atomic mass is 16.5. The van der Waals surface area contributed by atoms with Gasteiger partial charge < -0.3 is 4.74 Å². The first kappa shape index (κ1) is 22.7. The third-order valence-corrected chi connectivity index (χ3v) is 4.86. The number of aromatic nitrogens is 2. The van der Waals surface area contributed by atoms with E-state index in [1.54, 1.807) is 0 Å². The van der Waals surface area contributed by atoms with Gasteiger partial charge in [0.15, 0.2) is 5.75 Å². The Labute approximate surface area is 176 Å². The largest absolute Gasteiger partial charge is 0.485 e. The Morgan fingerprint density at radius 1 is 1.07 bits per heavy atom. The lowest BCUT2D eigenvalue weighted by molar-refractivity contribution is 0.281. The van der Waals surface area contributed by atoms with Crippen LogP contribution in [-0.2, 0) is 13.0 Å². The fraction of sp³-hybridized carbons (Fsp3) is 0.440. The first-order valence-corrected chi connectivity index (χ1v) is 10.3. The van der Waals surface area contributed by atoms with E-state index in [2.05, 4.69) is 46.1 Å². The van der Waals surface area contributed by atoms with Gasteiger partial charge in [0.2, 0.25) is 5.95 Å². The number of nitrogens with zero attached hydrogens (tertiary/aromatic N) is 3. The smallest absolute Gasteiger partial charge is 0.234 e. The molecule has 4 heteroatoms. The maximum Gasteiger partial charge on any atom is 0.234 e. The summed E-state index contributed by atoms with van der Waals surface area (Å²) in [6.07, 6.45) is 3.07. The molecule has 0 amide bonds. The van der Waals surface area contributed by atoms with Crippen LogP contribution in [0.3, 0.4) is 0 Å². The second kappa shape index (κ2) is 9.73. The van der Waals surface area contributed by atoms with Crippen molar-refractivity contribution in [1.82, 2.24) is 9.97 Å². The van der Waals surface area contributed by atoms with Gasteiger partial charge in [-0.1, -0.05) is 70.7 Å². The molecule has 2 aromatic rings. The maximum absolute atomic E-state index is 6.25. The number of benzene rings is 1. The second-order valence-corrected chi connectivity index (χ2v) is 8.56. The summed E-state index contributed by atoms with van der Waals surface area (Å²) in [5.41, 5.74) is 4.70. The van der Waals surface area contributed by atoms with Gasteiger partial charge >= 0.3 is 0 Å². The monoisotopic (exact) mass is 393 g/mol. The molecule has 0 aliphatic heterocycles. The minimum absolute atomic E-state index is 0.120. The Hall–Kier alpha value is -2.62. The van der Waals surface area contributed by atoms with Crippen molar-refractivity contribution in [2.75, 3.05) is 4.90 Å². The summed E-state index contributed by atoms with van der Waals surface area (Å²) in [5.74, 6) is 1.39. The number of aryl methyl sites for hydroxylation is 1. The predicted octanol–water partition coefficient (Wildman–Crippen LogP) is 6.61. The molecule has 0 N–H and O–H groups in total. The summed E-state index contributed by atoms with van der Waals surface area (Å²) in [7, 11) is 0. The third kappa shape index (κ3) is 6.18. The van der Waals surface area contributed by atoms with Crippen LogP contribution in [0.5, 0.6) is 5.75 Å². The van der Waals surface area contributed by atoms with Crippen molar-refractivity contribution < 1.29 is 4.74 Å². The van der Waals surface area contributed by atoms with Crippen LogP contribution < -0.4 is 9.64 Å². The van der Waals surface area contributed by atoms with Gasteiger partial charge in [-0.25, -0.2) is 9.97 Å². The van der Waals surface area contributed by atoms with Crippen molar-refractivity contribution in [2.45, 2.75) is 67.4 Å². The van der Waals surface area contributed by atoms with Gasteiger partial charge in [0.25, 0.3) is 0 Å². The molecule has 0 saturated heterocycles. The van der Waals surface area contributed by atoms with Gasteiger partial charge in [0.1, 0.15) is 6.61 Å². The number of rotatable bonds is 10. The van der Waals surface area contributed by atoms with Crippen molar-refractivity contribution in [2.24, 2.45) is 5.41 Å². The second-order valence-electron chi connectivity index (χ2n) is 8.56. The maximum atomic E-state index is 6.25. The Bertz CT molecular complexity index is 842. The van der Waals surface area contributed by atoms with Crippen molar-refractivity contribution in [1.29, 1.82) is 0 Å². The number of hydrogen-bond acceptors (Lipinski definition) is 4. The van der Waals surface area contributed by atoms with Crippen LogP contribution in [0.4, 0.5) is 5.95 Å². The lowest BCUT2D eigenvalue weighted by Gasteiger charge is -2.28. The molecular weight excluding hydrogens is 358 g/mol. The molecule has 0 unspecified atom stereocenters. The van der Waals surface area contributed by atoms with Crippen LogP contribution >= 0.6 is 0 Å². The molecule has 0 aliphatic carbocycles. The van der Waals surface area contributed by atoms with Gasteiger partial charge in [0.05, 0.1) is 11.4 Å². The third-order valence-electron chi connectivity index (χ3n) is 4.86. The molecule has 4 nitrogen and oxygen atoms in total. The van der Waals surface area contributed by atoms with E-state index < -0.39 is 0 Å². The van der Waals surface area contributed by atoms with E-state index in [4.69, 9.17) is 14.7 Å². The highest BCUT2D eigenvalue weighted by Crippen LogP contribution is 2.34. The van der Waals surface area contributed by atoms with Gasteiger partial charge in [-0.15, -0.1) is 0 Å². The molecule has 0 spiro atoms. The van der Waals surface area contributed by atoms with Gasteiger partial charge in [-0.3, -0.25) is 4.90 Å². The summed E-state index contributed by atoms with van der Waals surface area (Å²) >= 11 is 0. The standard InChI is InChI=1S/C25H35N3O/c1-9-15-25(7,8)16-22-23(29-17-21-13-11-10-12-14-21)20(6)26-24(27-22)28(18(2)3)19(4)5/h10-14H,2,4,9,15-17H2,1,3,5-8H3. The van der Waals surface area contributed by atoms with Crippen LogP contribution in [0.2, 0.25) is 0 Å². The summed E-state index contributed by atoms with van der Waals surface area (Å²) in [6.45, 7) is 21.3. The number of hydrogen-bond donors (Lipinski definition) is 0. The van der Waals surface area contributed by atoms with Gasteiger partial charge in [-0.2, -0.15) is 0 Å². The average molecular weight is 394 g/mol. The van der Waals surface area contributed by atoms with E-state index >= 15 is 0 Å². The highest BCUT2D eigenvalue weighted by Gasteiger charge is 2.25. The van der Waals surface area contributed by atoms with Gasteiger partial charge in [-0.05, 0) is 44.6 Å². The number of anilines is 1. The van der Waals surface area contributed by atoms with Crippen LogP contribution in [0.15, 0.2) is 54.9 Å². The van der Waals surface area contributed by atoms with E-state index in [0.717, 1.165) is 53.4 Å². The quantitative estimate of drug-likeness (QED) is 0.455. The summed E-state index contributed by atoms with van der Waals surface area (Å²) in [6, 6.07) is 10.2.